The lowest BCUT2D eigenvalue weighted by Crippen LogP contribution is -2.09. The second kappa shape index (κ2) is 21.6. The van der Waals surface area contributed by atoms with E-state index in [2.05, 4.69) is 6.92 Å². The first-order valence-corrected chi connectivity index (χ1v) is 12.4. The van der Waals surface area contributed by atoms with E-state index in [0.29, 0.717) is 32.0 Å². The van der Waals surface area contributed by atoms with Crippen LogP contribution < -0.4 is 0 Å². The van der Waals surface area contributed by atoms with E-state index in [4.69, 9.17) is 9.47 Å². The molecule has 0 aromatic heterocycles. The molecule has 0 spiro atoms. The largest absolute Gasteiger partial charge is 0.466 e. The minimum atomic E-state index is -0.0755. The van der Waals surface area contributed by atoms with E-state index < -0.39 is 0 Å². The lowest BCUT2D eigenvalue weighted by atomic mass is 10.1. The third-order valence-corrected chi connectivity index (χ3v) is 5.10. The molecule has 0 bridgehead atoms. The predicted molar refractivity (Wildman–Crippen MR) is 121 cm³/mol. The van der Waals surface area contributed by atoms with Crippen LogP contribution in [0.3, 0.4) is 0 Å². The highest BCUT2D eigenvalue weighted by molar-refractivity contribution is 5.69. The van der Waals surface area contributed by atoms with Crippen molar-refractivity contribution in [1.82, 2.24) is 0 Å². The van der Waals surface area contributed by atoms with Gasteiger partial charge in [0, 0.05) is 12.8 Å². The summed E-state index contributed by atoms with van der Waals surface area (Å²) in [4.78, 5) is 23.2. The minimum absolute atomic E-state index is 0.0440. The number of esters is 2. The Bertz CT molecular complexity index is 379. The Kier molecular flexibility index (Phi) is 20.9. The molecule has 0 aliphatic carbocycles. The average molecular weight is 413 g/mol. The lowest BCUT2D eigenvalue weighted by molar-refractivity contribution is -0.145. The van der Waals surface area contributed by atoms with Crippen molar-refractivity contribution in [3.05, 3.63) is 0 Å². The molecule has 0 aliphatic rings. The Balaban J connectivity index is 3.25. The first-order chi connectivity index (χ1) is 14.1. The zero-order valence-electron chi connectivity index (χ0n) is 19.6. The molecule has 4 nitrogen and oxygen atoms in total. The molecule has 0 saturated carbocycles. The van der Waals surface area contributed by atoms with Crippen molar-refractivity contribution >= 4 is 11.9 Å². The fraction of sp³-hybridized carbons (Fsp3) is 0.920. The van der Waals surface area contributed by atoms with Gasteiger partial charge in [0.1, 0.15) is 0 Å². The molecule has 0 aromatic rings. The maximum atomic E-state index is 11.7. The Morgan fingerprint density at radius 2 is 1.00 bits per heavy atom. The van der Waals surface area contributed by atoms with Gasteiger partial charge in [-0.3, -0.25) is 9.59 Å². The maximum Gasteiger partial charge on any atom is 0.305 e. The van der Waals surface area contributed by atoms with Gasteiger partial charge in [0.25, 0.3) is 0 Å². The zero-order valence-corrected chi connectivity index (χ0v) is 19.6. The Hall–Kier alpha value is -1.06. The first-order valence-electron chi connectivity index (χ1n) is 12.4. The molecule has 0 N–H and O–H groups in total. The second-order valence-corrected chi connectivity index (χ2v) is 8.75. The van der Waals surface area contributed by atoms with Crippen molar-refractivity contribution in [3.63, 3.8) is 0 Å². The number of carbonyl (C=O) groups excluding carboxylic acids is 2. The molecule has 0 unspecified atom stereocenters. The summed E-state index contributed by atoms with van der Waals surface area (Å²) in [6.07, 6.45) is 18.7. The molecule has 4 heteroatoms. The highest BCUT2D eigenvalue weighted by Gasteiger charge is 2.05. The van der Waals surface area contributed by atoms with Crippen LogP contribution in [0, 0.1) is 5.92 Å². The van der Waals surface area contributed by atoms with E-state index in [0.717, 1.165) is 44.9 Å². The second-order valence-electron chi connectivity index (χ2n) is 8.75. The maximum absolute atomic E-state index is 11.7. The van der Waals surface area contributed by atoms with Crippen LogP contribution in [-0.2, 0) is 19.1 Å². The van der Waals surface area contributed by atoms with Crippen molar-refractivity contribution in [2.45, 2.75) is 130 Å². The molecule has 0 saturated heterocycles. The molecular formula is C25H48O4. The number of rotatable bonds is 21. The van der Waals surface area contributed by atoms with Crippen molar-refractivity contribution in [2.75, 3.05) is 13.2 Å². The lowest BCUT2D eigenvalue weighted by Gasteiger charge is -2.07. The van der Waals surface area contributed by atoms with Crippen molar-refractivity contribution in [1.29, 1.82) is 0 Å². The molecule has 0 aliphatic heterocycles. The fourth-order valence-electron chi connectivity index (χ4n) is 3.25. The Labute approximate surface area is 180 Å². The van der Waals surface area contributed by atoms with Gasteiger partial charge in [0.15, 0.2) is 0 Å². The normalized spacial score (nSPS) is 11.0. The molecule has 0 rings (SSSR count). The minimum Gasteiger partial charge on any atom is -0.466 e. The van der Waals surface area contributed by atoms with Crippen LogP contribution in [0.15, 0.2) is 0 Å². The first kappa shape index (κ1) is 27.9. The molecule has 0 aromatic carbocycles. The van der Waals surface area contributed by atoms with Crippen LogP contribution in [-0.4, -0.2) is 25.2 Å². The summed E-state index contributed by atoms with van der Waals surface area (Å²) in [5.41, 5.74) is 0. The van der Waals surface area contributed by atoms with E-state index in [9.17, 15) is 9.59 Å². The standard InChI is InChI=1S/C25H48O4/c1-4-5-6-7-8-9-12-15-18-21-28-24(26)19-16-13-10-11-14-17-20-25(27)29-22-23(2)3/h23H,4-22H2,1-3H3. The summed E-state index contributed by atoms with van der Waals surface area (Å²) in [5.74, 6) is 0.279. The van der Waals surface area contributed by atoms with Crippen molar-refractivity contribution in [2.24, 2.45) is 5.92 Å². The summed E-state index contributed by atoms with van der Waals surface area (Å²) >= 11 is 0. The monoisotopic (exact) mass is 412 g/mol. The van der Waals surface area contributed by atoms with Crippen LogP contribution in [0.2, 0.25) is 0 Å². The van der Waals surface area contributed by atoms with Gasteiger partial charge in [0.2, 0.25) is 0 Å². The summed E-state index contributed by atoms with van der Waals surface area (Å²) in [5, 5.41) is 0. The third kappa shape index (κ3) is 23.1. The van der Waals surface area contributed by atoms with E-state index in [1.165, 1.54) is 51.4 Å². The van der Waals surface area contributed by atoms with Gasteiger partial charge in [-0.2, -0.15) is 0 Å². The molecule has 0 fully saturated rings. The van der Waals surface area contributed by atoms with Crippen LogP contribution in [0.5, 0.6) is 0 Å². The third-order valence-electron chi connectivity index (χ3n) is 5.10. The molecule has 0 atom stereocenters. The highest BCUT2D eigenvalue weighted by Crippen LogP contribution is 2.11. The smallest absolute Gasteiger partial charge is 0.305 e. The number of unbranched alkanes of at least 4 members (excludes halogenated alkanes) is 13. The van der Waals surface area contributed by atoms with E-state index in [-0.39, 0.29) is 11.9 Å². The predicted octanol–water partition coefficient (Wildman–Crippen LogP) is 7.38. The van der Waals surface area contributed by atoms with Gasteiger partial charge < -0.3 is 9.47 Å². The molecule has 0 heterocycles. The number of hydrogen-bond donors (Lipinski definition) is 0. The number of carbonyl (C=O) groups is 2. The Morgan fingerprint density at radius 3 is 1.48 bits per heavy atom. The molecular weight excluding hydrogens is 364 g/mol. The molecule has 0 radical (unpaired) electrons. The van der Waals surface area contributed by atoms with Gasteiger partial charge in [-0.15, -0.1) is 0 Å². The van der Waals surface area contributed by atoms with E-state index in [1.807, 2.05) is 13.8 Å². The highest BCUT2D eigenvalue weighted by atomic mass is 16.5. The molecule has 29 heavy (non-hydrogen) atoms. The summed E-state index contributed by atoms with van der Waals surface area (Å²) < 4.78 is 10.5. The van der Waals surface area contributed by atoms with Crippen molar-refractivity contribution in [3.8, 4) is 0 Å². The SMILES string of the molecule is CCCCCCCCCCCOC(=O)CCCCCCCCC(=O)OCC(C)C. The molecule has 172 valence electrons. The van der Waals surface area contributed by atoms with Crippen molar-refractivity contribution < 1.29 is 19.1 Å². The molecule has 0 amide bonds. The van der Waals surface area contributed by atoms with Gasteiger partial charge >= 0.3 is 11.9 Å². The van der Waals surface area contributed by atoms with Gasteiger partial charge in [0.05, 0.1) is 13.2 Å². The van der Waals surface area contributed by atoms with Gasteiger partial charge in [-0.1, -0.05) is 97.8 Å². The van der Waals surface area contributed by atoms with Gasteiger partial charge in [-0.05, 0) is 25.2 Å². The van der Waals surface area contributed by atoms with E-state index >= 15 is 0 Å². The van der Waals surface area contributed by atoms with E-state index in [1.54, 1.807) is 0 Å². The average Bonchev–Trinajstić information content (AvgIpc) is 2.69. The summed E-state index contributed by atoms with van der Waals surface area (Å²) in [7, 11) is 0. The number of ether oxygens (including phenoxy) is 2. The Morgan fingerprint density at radius 1 is 0.586 bits per heavy atom. The van der Waals surface area contributed by atoms with Crippen LogP contribution in [0.4, 0.5) is 0 Å². The summed E-state index contributed by atoms with van der Waals surface area (Å²) in [6.45, 7) is 7.44. The quantitative estimate of drug-likeness (QED) is 0.146. The van der Waals surface area contributed by atoms with Crippen LogP contribution in [0.1, 0.15) is 130 Å². The van der Waals surface area contributed by atoms with Crippen LogP contribution in [0.25, 0.3) is 0 Å². The fourth-order valence-corrected chi connectivity index (χ4v) is 3.25. The number of hydrogen-bond acceptors (Lipinski definition) is 4. The summed E-state index contributed by atoms with van der Waals surface area (Å²) in [6, 6.07) is 0. The zero-order chi connectivity index (χ0) is 21.6. The topological polar surface area (TPSA) is 52.6 Å². The van der Waals surface area contributed by atoms with Gasteiger partial charge in [-0.25, -0.2) is 0 Å². The van der Waals surface area contributed by atoms with Crippen LogP contribution >= 0.6 is 0 Å².